The maximum absolute atomic E-state index is 6.13. The van der Waals surface area contributed by atoms with Crippen LogP contribution in [-0.4, -0.2) is 0 Å². The van der Waals surface area contributed by atoms with E-state index in [0.717, 1.165) is 50.1 Å². The van der Waals surface area contributed by atoms with E-state index in [1.165, 1.54) is 53.2 Å². The number of hydrogen-bond acceptors (Lipinski definition) is 3. The number of benzene rings is 9. The Hall–Kier alpha value is -6.94. The molecule has 0 bridgehead atoms. The van der Waals surface area contributed by atoms with Crippen LogP contribution in [0.3, 0.4) is 0 Å². The third-order valence-corrected chi connectivity index (χ3v) is 12.0. The van der Waals surface area contributed by atoms with Crippen molar-refractivity contribution in [3.05, 3.63) is 200 Å². The van der Waals surface area contributed by atoms with Gasteiger partial charge in [0.05, 0.1) is 5.69 Å². The molecule has 0 atom stereocenters. The third-order valence-electron chi connectivity index (χ3n) is 10.9. The molecule has 0 fully saturated rings. The van der Waals surface area contributed by atoms with E-state index in [4.69, 9.17) is 4.42 Å². The number of para-hydroxylation sites is 2. The molecule has 3 heteroatoms. The molecule has 0 aliphatic carbocycles. The number of thiophene rings is 1. The van der Waals surface area contributed by atoms with Crippen LogP contribution in [0.25, 0.3) is 86.3 Å². The van der Waals surface area contributed by atoms with Crippen molar-refractivity contribution in [3.63, 3.8) is 0 Å². The summed E-state index contributed by atoms with van der Waals surface area (Å²) in [6, 6.07) is 72.4. The Balaban J connectivity index is 1.05. The maximum atomic E-state index is 6.13. The lowest BCUT2D eigenvalue weighted by Crippen LogP contribution is -2.11. The van der Waals surface area contributed by atoms with Gasteiger partial charge in [-0.2, -0.15) is 0 Å². The molecular formula is C52H33NOS. The van der Waals surface area contributed by atoms with Crippen LogP contribution >= 0.6 is 11.3 Å². The Morgan fingerprint density at radius 3 is 1.95 bits per heavy atom. The van der Waals surface area contributed by atoms with Gasteiger partial charge >= 0.3 is 0 Å². The number of nitrogens with zero attached hydrogens (tertiary/aromatic N) is 1. The van der Waals surface area contributed by atoms with Crippen LogP contribution in [0.5, 0.6) is 0 Å². The molecule has 0 aliphatic heterocycles. The second kappa shape index (κ2) is 12.9. The quantitative estimate of drug-likeness (QED) is 0.170. The average Bonchev–Trinajstić information content (AvgIpc) is 3.82. The van der Waals surface area contributed by atoms with Crippen LogP contribution in [0.4, 0.5) is 17.1 Å². The first-order chi connectivity index (χ1) is 27.2. The smallest absolute Gasteiger partial charge is 0.135 e. The van der Waals surface area contributed by atoms with E-state index in [1.54, 1.807) is 0 Å². The molecule has 0 saturated heterocycles. The van der Waals surface area contributed by atoms with E-state index < -0.39 is 0 Å². The molecule has 55 heavy (non-hydrogen) atoms. The van der Waals surface area contributed by atoms with Gasteiger partial charge in [-0.25, -0.2) is 0 Å². The predicted molar refractivity (Wildman–Crippen MR) is 235 cm³/mol. The minimum Gasteiger partial charge on any atom is -0.456 e. The van der Waals surface area contributed by atoms with Crippen LogP contribution in [0.1, 0.15) is 0 Å². The number of hydrogen-bond donors (Lipinski definition) is 0. The summed E-state index contributed by atoms with van der Waals surface area (Å²) >= 11 is 1.86. The fourth-order valence-corrected chi connectivity index (χ4v) is 9.28. The van der Waals surface area contributed by atoms with E-state index in [-0.39, 0.29) is 0 Å². The molecule has 0 amide bonds. The van der Waals surface area contributed by atoms with Crippen molar-refractivity contribution in [2.45, 2.75) is 0 Å². The van der Waals surface area contributed by atoms with Gasteiger partial charge in [-0.3, -0.25) is 0 Å². The van der Waals surface area contributed by atoms with E-state index in [2.05, 4.69) is 193 Å². The van der Waals surface area contributed by atoms with Crippen LogP contribution in [0, 0.1) is 0 Å². The Labute approximate surface area is 322 Å². The molecule has 258 valence electrons. The zero-order valence-electron chi connectivity index (χ0n) is 29.8. The van der Waals surface area contributed by atoms with Crippen molar-refractivity contribution in [2.24, 2.45) is 0 Å². The largest absolute Gasteiger partial charge is 0.456 e. The molecule has 11 rings (SSSR count). The number of fused-ring (bicyclic) bond motifs is 7. The fourth-order valence-electron chi connectivity index (χ4n) is 8.14. The highest BCUT2D eigenvalue weighted by Gasteiger charge is 2.19. The maximum Gasteiger partial charge on any atom is 0.135 e. The minimum absolute atomic E-state index is 0.907. The van der Waals surface area contributed by atoms with Crippen LogP contribution < -0.4 is 4.90 Å². The SMILES string of the molecule is c1cc(-c2ccc3c(c2)sc2ccccc23)cc(N(c2ccc(-c3ccc4oc5ccccc5c4c3)cc2)c2ccccc2-c2ccc3ccccc3c2)c1. The van der Waals surface area contributed by atoms with Crippen LogP contribution in [0.2, 0.25) is 0 Å². The second-order valence-electron chi connectivity index (χ2n) is 14.1. The first-order valence-corrected chi connectivity index (χ1v) is 19.5. The molecule has 0 radical (unpaired) electrons. The zero-order chi connectivity index (χ0) is 36.3. The van der Waals surface area contributed by atoms with E-state index in [0.29, 0.717) is 0 Å². The Bertz CT molecular complexity index is 3220. The van der Waals surface area contributed by atoms with Gasteiger partial charge in [0, 0.05) is 47.9 Å². The summed E-state index contributed by atoms with van der Waals surface area (Å²) in [5.41, 5.74) is 12.2. The van der Waals surface area contributed by atoms with Crippen LogP contribution in [0.15, 0.2) is 205 Å². The molecule has 2 nitrogen and oxygen atoms in total. The molecule has 0 aliphatic rings. The van der Waals surface area contributed by atoms with Crippen molar-refractivity contribution in [3.8, 4) is 33.4 Å². The molecule has 0 saturated carbocycles. The summed E-state index contributed by atoms with van der Waals surface area (Å²) in [5.74, 6) is 0. The van der Waals surface area contributed by atoms with E-state index in [9.17, 15) is 0 Å². The minimum atomic E-state index is 0.907. The van der Waals surface area contributed by atoms with Gasteiger partial charge in [0.25, 0.3) is 0 Å². The highest BCUT2D eigenvalue weighted by molar-refractivity contribution is 7.25. The third kappa shape index (κ3) is 5.48. The summed E-state index contributed by atoms with van der Waals surface area (Å²) in [7, 11) is 0. The predicted octanol–water partition coefficient (Wildman–Crippen LogP) is 15.6. The van der Waals surface area contributed by atoms with Crippen molar-refractivity contribution in [1.29, 1.82) is 0 Å². The standard InChI is InChI=1S/C52H33NOS/c1-2-11-36-30-40(21-20-34(36)10-1)43-14-3-6-17-48(43)53(41-26-22-35(23-27-41)38-25-29-50-47(32-38)44-15-4-7-18-49(44)54-50)42-13-9-12-37(31-42)39-24-28-46-45-16-5-8-19-51(45)55-52(46)33-39/h1-33H. The normalized spacial score (nSPS) is 11.6. The summed E-state index contributed by atoms with van der Waals surface area (Å²) in [6.45, 7) is 0. The lowest BCUT2D eigenvalue weighted by Gasteiger charge is -2.28. The van der Waals surface area contributed by atoms with Gasteiger partial charge < -0.3 is 9.32 Å². The molecule has 9 aromatic carbocycles. The first-order valence-electron chi connectivity index (χ1n) is 18.7. The highest BCUT2D eigenvalue weighted by Crippen LogP contribution is 2.44. The Morgan fingerprint density at radius 2 is 1.02 bits per heavy atom. The Kier molecular flexibility index (Phi) is 7.39. The molecule has 0 N–H and O–H groups in total. The summed E-state index contributed by atoms with van der Waals surface area (Å²) < 4.78 is 8.76. The molecule has 2 heterocycles. The highest BCUT2D eigenvalue weighted by atomic mass is 32.1. The fraction of sp³-hybridized carbons (Fsp3) is 0. The van der Waals surface area contributed by atoms with E-state index >= 15 is 0 Å². The van der Waals surface area contributed by atoms with Crippen LogP contribution in [-0.2, 0) is 0 Å². The Morgan fingerprint density at radius 1 is 0.345 bits per heavy atom. The number of furan rings is 1. The molecular weight excluding hydrogens is 687 g/mol. The molecule has 11 aromatic rings. The first kappa shape index (κ1) is 31.6. The lowest BCUT2D eigenvalue weighted by atomic mass is 9.97. The topological polar surface area (TPSA) is 16.4 Å². The molecule has 2 aromatic heterocycles. The van der Waals surface area contributed by atoms with Gasteiger partial charge in [-0.05, 0) is 105 Å². The van der Waals surface area contributed by atoms with Crippen molar-refractivity contribution >= 4 is 81.3 Å². The monoisotopic (exact) mass is 719 g/mol. The van der Waals surface area contributed by atoms with Gasteiger partial charge in [0.15, 0.2) is 0 Å². The van der Waals surface area contributed by atoms with Gasteiger partial charge in [-0.1, -0.05) is 133 Å². The van der Waals surface area contributed by atoms with E-state index in [1.807, 2.05) is 23.5 Å². The van der Waals surface area contributed by atoms with Gasteiger partial charge in [-0.15, -0.1) is 11.3 Å². The average molecular weight is 720 g/mol. The summed E-state index contributed by atoms with van der Waals surface area (Å²) in [6.07, 6.45) is 0. The molecule has 0 spiro atoms. The summed E-state index contributed by atoms with van der Waals surface area (Å²) in [5, 5.41) is 7.37. The lowest BCUT2D eigenvalue weighted by molar-refractivity contribution is 0.669. The van der Waals surface area contributed by atoms with Crippen molar-refractivity contribution in [2.75, 3.05) is 4.90 Å². The molecule has 0 unspecified atom stereocenters. The van der Waals surface area contributed by atoms with Gasteiger partial charge in [0.1, 0.15) is 11.2 Å². The zero-order valence-corrected chi connectivity index (χ0v) is 30.6. The number of anilines is 3. The van der Waals surface area contributed by atoms with Crippen molar-refractivity contribution < 1.29 is 4.42 Å². The summed E-state index contributed by atoms with van der Waals surface area (Å²) in [4.78, 5) is 2.41. The van der Waals surface area contributed by atoms with Gasteiger partial charge in [0.2, 0.25) is 0 Å². The number of rotatable bonds is 6. The van der Waals surface area contributed by atoms with Crippen molar-refractivity contribution in [1.82, 2.24) is 0 Å². The second-order valence-corrected chi connectivity index (χ2v) is 15.2.